The Morgan fingerprint density at radius 3 is 0.683 bits per heavy atom. The molecule has 0 bridgehead atoms. The molecule has 0 unspecified atom stereocenters. The normalized spacial score (nSPS) is 12.2. The summed E-state index contributed by atoms with van der Waals surface area (Å²) in [4.78, 5) is 0. The lowest BCUT2D eigenvalue weighted by molar-refractivity contribution is -0.138. The van der Waals surface area contributed by atoms with Crippen LogP contribution < -0.4 is 0 Å². The highest BCUT2D eigenvalue weighted by atomic mass is 32.1. The zero-order valence-corrected chi connectivity index (χ0v) is 33.0. The Morgan fingerprint density at radius 1 is 0.250 bits per heavy atom. The Balaban J connectivity index is 0.839. The SMILES string of the molecule is FC(F)(F)c1ccc(-c2ccc(-c3ccc(-c4ccc5c(c4)sc4c6ccc(-c7ccc(-c8ccc(-c9ccc(C(F)(F)F)cc9)cc8)cc7)cc6sc54)cc3)cc2)cc1. The van der Waals surface area contributed by atoms with Crippen molar-refractivity contribution >= 4 is 52.2 Å². The van der Waals surface area contributed by atoms with Gasteiger partial charge in [-0.2, -0.15) is 26.3 Å². The third-order valence-electron chi connectivity index (χ3n) is 11.0. The van der Waals surface area contributed by atoms with Crippen molar-refractivity contribution in [2.75, 3.05) is 0 Å². The molecule has 0 fully saturated rings. The van der Waals surface area contributed by atoms with E-state index >= 15 is 0 Å². The van der Waals surface area contributed by atoms with Crippen molar-refractivity contribution in [1.82, 2.24) is 0 Å². The molecule has 10 rings (SSSR count). The van der Waals surface area contributed by atoms with Crippen molar-refractivity contribution in [3.63, 3.8) is 0 Å². The minimum atomic E-state index is -4.35. The Hall–Kier alpha value is -6.48. The van der Waals surface area contributed by atoms with E-state index in [0.717, 1.165) is 91.0 Å². The van der Waals surface area contributed by atoms with E-state index < -0.39 is 23.5 Å². The number of rotatable bonds is 6. The van der Waals surface area contributed by atoms with E-state index in [1.807, 2.05) is 71.2 Å². The first-order chi connectivity index (χ1) is 28.9. The maximum Gasteiger partial charge on any atom is 0.416 e. The quantitative estimate of drug-likeness (QED) is 0.146. The number of thiophene rings is 2. The van der Waals surface area contributed by atoms with Crippen molar-refractivity contribution in [1.29, 1.82) is 0 Å². The summed E-state index contributed by atoms with van der Waals surface area (Å²) in [5.41, 5.74) is 10.6. The van der Waals surface area contributed by atoms with Gasteiger partial charge in [-0.05, 0) is 103 Å². The molecule has 0 aliphatic carbocycles. The van der Waals surface area contributed by atoms with Gasteiger partial charge in [0.05, 0.1) is 20.5 Å². The van der Waals surface area contributed by atoms with Crippen LogP contribution in [-0.4, -0.2) is 0 Å². The van der Waals surface area contributed by atoms with Gasteiger partial charge in [-0.25, -0.2) is 0 Å². The van der Waals surface area contributed by atoms with Crippen LogP contribution in [0.3, 0.4) is 0 Å². The molecule has 0 amide bonds. The van der Waals surface area contributed by atoms with Crippen LogP contribution in [-0.2, 0) is 12.4 Å². The molecule has 0 nitrogen and oxygen atoms in total. The first-order valence-electron chi connectivity index (χ1n) is 19.1. The molecule has 0 saturated heterocycles. The zero-order chi connectivity index (χ0) is 41.2. The van der Waals surface area contributed by atoms with Crippen LogP contribution in [0, 0.1) is 0 Å². The van der Waals surface area contributed by atoms with Crippen LogP contribution in [0.1, 0.15) is 11.1 Å². The largest absolute Gasteiger partial charge is 0.416 e. The summed E-state index contributed by atoms with van der Waals surface area (Å²) in [5, 5.41) is 2.50. The highest BCUT2D eigenvalue weighted by molar-refractivity contribution is 7.36. The predicted molar refractivity (Wildman–Crippen MR) is 237 cm³/mol. The predicted octanol–water partition coefficient (Wildman–Crippen LogP) is 17.3. The standard InChI is InChI=1S/C52H30F6S2/c53-51(54,55)43-23-17-37(18-24-43)35-5-1-31(2-6-35)33-9-13-39(14-10-33)41-21-27-45-47(29-41)59-50-46-28-22-42(30-48(46)60-49(45)50)40-15-11-34(12-16-40)32-3-7-36(8-4-32)38-19-25-44(26-20-38)52(56,57)58/h1-30H. The van der Waals surface area contributed by atoms with E-state index in [4.69, 9.17) is 0 Å². The van der Waals surface area contributed by atoms with E-state index in [9.17, 15) is 26.3 Å². The van der Waals surface area contributed by atoms with Gasteiger partial charge in [-0.1, -0.05) is 146 Å². The van der Waals surface area contributed by atoms with Crippen LogP contribution in [0.15, 0.2) is 182 Å². The summed E-state index contributed by atoms with van der Waals surface area (Å²) in [7, 11) is 0. The summed E-state index contributed by atoms with van der Waals surface area (Å²) >= 11 is 3.64. The van der Waals surface area contributed by atoms with Crippen LogP contribution >= 0.6 is 22.7 Å². The Labute approximate surface area is 349 Å². The minimum absolute atomic E-state index is 0.655. The highest BCUT2D eigenvalue weighted by Crippen LogP contribution is 2.46. The Kier molecular flexibility index (Phi) is 9.23. The lowest BCUT2D eigenvalue weighted by Crippen LogP contribution is -2.03. The number of alkyl halides is 6. The third-order valence-corrected chi connectivity index (χ3v) is 13.5. The molecule has 2 aromatic heterocycles. The van der Waals surface area contributed by atoms with E-state index in [2.05, 4.69) is 84.9 Å². The average Bonchev–Trinajstić information content (AvgIpc) is 3.81. The van der Waals surface area contributed by atoms with Crippen molar-refractivity contribution in [2.45, 2.75) is 12.4 Å². The molecule has 0 radical (unpaired) electrons. The van der Waals surface area contributed by atoms with Crippen LogP contribution in [0.5, 0.6) is 0 Å². The highest BCUT2D eigenvalue weighted by Gasteiger charge is 2.31. The lowest BCUT2D eigenvalue weighted by atomic mass is 9.97. The molecule has 292 valence electrons. The van der Waals surface area contributed by atoms with Crippen molar-refractivity contribution in [2.24, 2.45) is 0 Å². The van der Waals surface area contributed by atoms with Gasteiger partial charge in [0, 0.05) is 20.2 Å². The summed E-state index contributed by atoms with van der Waals surface area (Å²) in [5.74, 6) is 0. The van der Waals surface area contributed by atoms with Crippen molar-refractivity contribution in [3.05, 3.63) is 193 Å². The van der Waals surface area contributed by atoms with Gasteiger partial charge in [-0.15, -0.1) is 22.7 Å². The first kappa shape index (κ1) is 37.8. The molecule has 0 saturated carbocycles. The topological polar surface area (TPSA) is 0 Å². The number of halogens is 6. The number of fused-ring (bicyclic) bond motifs is 5. The molecule has 8 aromatic carbocycles. The fourth-order valence-electron chi connectivity index (χ4n) is 7.74. The summed E-state index contributed by atoms with van der Waals surface area (Å²) in [6.45, 7) is 0. The lowest BCUT2D eigenvalue weighted by Gasteiger charge is -2.09. The molecule has 0 N–H and O–H groups in total. The fraction of sp³-hybridized carbons (Fsp3) is 0.0385. The van der Waals surface area contributed by atoms with E-state index in [0.29, 0.717) is 0 Å². The molecule has 0 aliphatic heterocycles. The molecule has 0 spiro atoms. The Bertz CT molecular complexity index is 2930. The molecule has 8 heteroatoms. The fourth-order valence-corrected chi connectivity index (χ4v) is 10.5. The van der Waals surface area contributed by atoms with Gasteiger partial charge in [0.1, 0.15) is 0 Å². The summed E-state index contributed by atoms with van der Waals surface area (Å²) in [6, 6.07) is 56.5. The van der Waals surface area contributed by atoms with Crippen LogP contribution in [0.4, 0.5) is 26.3 Å². The van der Waals surface area contributed by atoms with Gasteiger partial charge in [0.25, 0.3) is 0 Å². The second-order valence-electron chi connectivity index (χ2n) is 14.7. The second kappa shape index (κ2) is 14.7. The molecule has 0 aliphatic rings. The van der Waals surface area contributed by atoms with Crippen molar-refractivity contribution in [3.8, 4) is 66.8 Å². The van der Waals surface area contributed by atoms with Gasteiger partial charge in [0.15, 0.2) is 0 Å². The first-order valence-corrected chi connectivity index (χ1v) is 20.7. The molecule has 0 atom stereocenters. The van der Waals surface area contributed by atoms with E-state index in [1.165, 1.54) is 53.8 Å². The second-order valence-corrected chi connectivity index (χ2v) is 16.8. The summed E-state index contributed by atoms with van der Waals surface area (Å²) < 4.78 is 83.0. The molecular formula is C52H30F6S2. The summed E-state index contributed by atoms with van der Waals surface area (Å²) in [6.07, 6.45) is -8.71. The number of benzene rings is 8. The van der Waals surface area contributed by atoms with Gasteiger partial charge >= 0.3 is 12.4 Å². The maximum absolute atomic E-state index is 13.0. The smallest absolute Gasteiger partial charge is 0.166 e. The third kappa shape index (κ3) is 7.16. The van der Waals surface area contributed by atoms with Crippen LogP contribution in [0.25, 0.3) is 96.3 Å². The molecule has 2 heterocycles. The monoisotopic (exact) mass is 832 g/mol. The maximum atomic E-state index is 13.0. The Morgan fingerprint density at radius 2 is 0.450 bits per heavy atom. The molecular weight excluding hydrogens is 803 g/mol. The van der Waals surface area contributed by atoms with Crippen molar-refractivity contribution < 1.29 is 26.3 Å². The average molecular weight is 833 g/mol. The number of hydrogen-bond donors (Lipinski definition) is 0. The zero-order valence-electron chi connectivity index (χ0n) is 31.4. The van der Waals surface area contributed by atoms with Gasteiger partial charge < -0.3 is 0 Å². The molecule has 10 aromatic rings. The van der Waals surface area contributed by atoms with E-state index in [1.54, 1.807) is 0 Å². The van der Waals surface area contributed by atoms with Crippen LogP contribution in [0.2, 0.25) is 0 Å². The van der Waals surface area contributed by atoms with E-state index in [-0.39, 0.29) is 0 Å². The van der Waals surface area contributed by atoms with Gasteiger partial charge in [-0.3, -0.25) is 0 Å². The van der Waals surface area contributed by atoms with Gasteiger partial charge in [0.2, 0.25) is 0 Å². The minimum Gasteiger partial charge on any atom is -0.166 e. The molecule has 60 heavy (non-hydrogen) atoms. The number of hydrogen-bond acceptors (Lipinski definition) is 2.